The van der Waals surface area contributed by atoms with Crippen molar-refractivity contribution in [2.45, 2.75) is 38.4 Å². The van der Waals surface area contributed by atoms with E-state index in [4.69, 9.17) is 5.11 Å². The molecule has 0 aromatic heterocycles. The molecule has 1 aromatic carbocycles. The molecule has 0 heterocycles. The van der Waals surface area contributed by atoms with Crippen LogP contribution in [0.4, 0.5) is 4.79 Å². The number of aromatic hydroxyl groups is 1. The molecule has 1 aromatic rings. The lowest BCUT2D eigenvalue weighted by Crippen LogP contribution is -2.47. The molecule has 1 aliphatic carbocycles. The minimum atomic E-state index is -1.06. The molecule has 0 bridgehead atoms. The van der Waals surface area contributed by atoms with Crippen molar-refractivity contribution in [2.75, 3.05) is 0 Å². The van der Waals surface area contributed by atoms with Crippen molar-refractivity contribution in [1.82, 2.24) is 10.2 Å². The first-order valence-corrected chi connectivity index (χ1v) is 6.55. The van der Waals surface area contributed by atoms with Gasteiger partial charge in [0.05, 0.1) is 0 Å². The van der Waals surface area contributed by atoms with E-state index in [1.54, 1.807) is 23.1 Å². The van der Waals surface area contributed by atoms with Gasteiger partial charge in [-0.3, -0.25) is 4.79 Å². The summed E-state index contributed by atoms with van der Waals surface area (Å²) < 4.78 is 0. The van der Waals surface area contributed by atoms with E-state index in [0.717, 1.165) is 18.4 Å². The third kappa shape index (κ3) is 3.63. The van der Waals surface area contributed by atoms with E-state index in [1.165, 1.54) is 6.92 Å². The summed E-state index contributed by atoms with van der Waals surface area (Å²) in [6, 6.07) is 5.55. The van der Waals surface area contributed by atoms with Gasteiger partial charge in [-0.25, -0.2) is 4.79 Å². The Balaban J connectivity index is 2.04. The van der Waals surface area contributed by atoms with E-state index >= 15 is 0 Å². The van der Waals surface area contributed by atoms with Crippen LogP contribution in [0.5, 0.6) is 5.75 Å². The van der Waals surface area contributed by atoms with Crippen LogP contribution in [-0.2, 0) is 11.3 Å². The fourth-order valence-corrected chi connectivity index (χ4v) is 1.93. The SMILES string of the molecule is C[C@H](NC(=O)N(Cc1cccc(O)c1)C1CC1)C(=O)O. The summed E-state index contributed by atoms with van der Waals surface area (Å²) in [7, 11) is 0. The Bertz CT molecular complexity index is 514. The second-order valence-electron chi connectivity index (χ2n) is 5.04. The van der Waals surface area contributed by atoms with Crippen molar-refractivity contribution < 1.29 is 19.8 Å². The van der Waals surface area contributed by atoms with Gasteiger partial charge in [-0.05, 0) is 37.5 Å². The number of phenols is 1. The molecule has 0 unspecified atom stereocenters. The molecule has 2 amide bonds. The predicted octanol–water partition coefficient (Wildman–Crippen LogP) is 1.54. The number of nitrogens with one attached hydrogen (secondary N) is 1. The van der Waals surface area contributed by atoms with E-state index in [0.29, 0.717) is 6.54 Å². The van der Waals surface area contributed by atoms with Gasteiger partial charge in [0.1, 0.15) is 11.8 Å². The van der Waals surface area contributed by atoms with Crippen molar-refractivity contribution in [3.05, 3.63) is 29.8 Å². The number of amides is 2. The molecule has 1 atom stereocenters. The van der Waals surface area contributed by atoms with Gasteiger partial charge in [-0.1, -0.05) is 12.1 Å². The predicted molar refractivity (Wildman–Crippen MR) is 72.3 cm³/mol. The van der Waals surface area contributed by atoms with Crippen LogP contribution in [0.15, 0.2) is 24.3 Å². The Morgan fingerprint density at radius 2 is 2.15 bits per heavy atom. The molecule has 1 saturated carbocycles. The van der Waals surface area contributed by atoms with Gasteiger partial charge < -0.3 is 20.4 Å². The molecule has 2 rings (SSSR count). The summed E-state index contributed by atoms with van der Waals surface area (Å²) in [6.45, 7) is 1.79. The first kappa shape index (κ1) is 14.2. The zero-order valence-corrected chi connectivity index (χ0v) is 11.2. The maximum atomic E-state index is 12.1. The lowest BCUT2D eigenvalue weighted by Gasteiger charge is -2.24. The molecule has 0 radical (unpaired) electrons. The number of carbonyl (C=O) groups excluding carboxylic acids is 1. The maximum Gasteiger partial charge on any atom is 0.325 e. The number of carboxylic acids is 1. The number of hydrogen-bond acceptors (Lipinski definition) is 3. The zero-order valence-electron chi connectivity index (χ0n) is 11.2. The van der Waals surface area contributed by atoms with E-state index in [9.17, 15) is 14.7 Å². The van der Waals surface area contributed by atoms with Crippen molar-refractivity contribution in [3.63, 3.8) is 0 Å². The number of phenolic OH excluding ortho intramolecular Hbond substituents is 1. The quantitative estimate of drug-likeness (QED) is 0.762. The molecule has 0 saturated heterocycles. The van der Waals surface area contributed by atoms with Crippen LogP contribution in [0.2, 0.25) is 0 Å². The van der Waals surface area contributed by atoms with Gasteiger partial charge in [0.15, 0.2) is 0 Å². The first-order chi connectivity index (χ1) is 9.47. The van der Waals surface area contributed by atoms with Gasteiger partial charge in [0, 0.05) is 12.6 Å². The van der Waals surface area contributed by atoms with Crippen LogP contribution >= 0.6 is 0 Å². The summed E-state index contributed by atoms with van der Waals surface area (Å²) in [6.07, 6.45) is 1.85. The largest absolute Gasteiger partial charge is 0.508 e. The number of rotatable bonds is 5. The van der Waals surface area contributed by atoms with Crippen molar-refractivity contribution in [3.8, 4) is 5.75 Å². The van der Waals surface area contributed by atoms with E-state index < -0.39 is 12.0 Å². The van der Waals surface area contributed by atoms with Gasteiger partial charge in [-0.15, -0.1) is 0 Å². The highest BCUT2D eigenvalue weighted by Gasteiger charge is 2.33. The van der Waals surface area contributed by atoms with Crippen LogP contribution in [0.1, 0.15) is 25.3 Å². The van der Waals surface area contributed by atoms with Gasteiger partial charge in [0.2, 0.25) is 0 Å². The average Bonchev–Trinajstić information content (AvgIpc) is 3.20. The van der Waals surface area contributed by atoms with E-state index in [-0.39, 0.29) is 17.8 Å². The van der Waals surface area contributed by atoms with Gasteiger partial charge in [-0.2, -0.15) is 0 Å². The maximum absolute atomic E-state index is 12.1. The molecule has 3 N–H and O–H groups in total. The molecular weight excluding hydrogens is 260 g/mol. The average molecular weight is 278 g/mol. The Hall–Kier alpha value is -2.24. The van der Waals surface area contributed by atoms with Crippen molar-refractivity contribution in [1.29, 1.82) is 0 Å². The summed E-state index contributed by atoms with van der Waals surface area (Å²) in [5.41, 5.74) is 0.815. The van der Waals surface area contributed by atoms with Crippen LogP contribution in [-0.4, -0.2) is 39.2 Å². The normalized spacial score (nSPS) is 15.4. The summed E-state index contributed by atoms with van der Waals surface area (Å²) in [4.78, 5) is 24.5. The minimum absolute atomic E-state index is 0.151. The van der Waals surface area contributed by atoms with Gasteiger partial charge >= 0.3 is 12.0 Å². The Kier molecular flexibility index (Phi) is 4.12. The third-order valence-electron chi connectivity index (χ3n) is 3.22. The number of aliphatic carboxylic acids is 1. The molecule has 6 heteroatoms. The molecule has 20 heavy (non-hydrogen) atoms. The minimum Gasteiger partial charge on any atom is -0.508 e. The second-order valence-corrected chi connectivity index (χ2v) is 5.04. The lowest BCUT2D eigenvalue weighted by atomic mass is 10.2. The molecular formula is C14H18N2O4. The number of urea groups is 1. The number of nitrogens with zero attached hydrogens (tertiary/aromatic N) is 1. The number of benzene rings is 1. The fraction of sp³-hybridized carbons (Fsp3) is 0.429. The molecule has 6 nitrogen and oxygen atoms in total. The van der Waals surface area contributed by atoms with E-state index in [1.807, 2.05) is 6.07 Å². The topological polar surface area (TPSA) is 89.9 Å². The second kappa shape index (κ2) is 5.81. The lowest BCUT2D eigenvalue weighted by molar-refractivity contribution is -0.138. The fourth-order valence-electron chi connectivity index (χ4n) is 1.93. The highest BCUT2D eigenvalue weighted by Crippen LogP contribution is 2.28. The number of hydrogen-bond donors (Lipinski definition) is 3. The smallest absolute Gasteiger partial charge is 0.325 e. The Morgan fingerprint density at radius 3 is 2.70 bits per heavy atom. The summed E-state index contributed by atoms with van der Waals surface area (Å²) in [5, 5.41) is 20.7. The molecule has 1 aliphatic rings. The summed E-state index contributed by atoms with van der Waals surface area (Å²) >= 11 is 0. The number of carbonyl (C=O) groups is 2. The van der Waals surface area contributed by atoms with Crippen molar-refractivity contribution >= 4 is 12.0 Å². The molecule has 108 valence electrons. The zero-order chi connectivity index (χ0) is 14.7. The van der Waals surface area contributed by atoms with Crippen LogP contribution in [0.25, 0.3) is 0 Å². The molecule has 1 fully saturated rings. The van der Waals surface area contributed by atoms with Crippen LogP contribution < -0.4 is 5.32 Å². The molecule has 0 spiro atoms. The standard InChI is InChI=1S/C14H18N2O4/c1-9(13(18)19)15-14(20)16(11-5-6-11)8-10-3-2-4-12(17)7-10/h2-4,7,9,11,17H,5-6,8H2,1H3,(H,15,20)(H,18,19)/t9-/m0/s1. The number of carboxylic acid groups (broad SMARTS) is 1. The first-order valence-electron chi connectivity index (χ1n) is 6.55. The van der Waals surface area contributed by atoms with E-state index in [2.05, 4.69) is 5.32 Å². The Labute approximate surface area is 117 Å². The van der Waals surface area contributed by atoms with Gasteiger partial charge in [0.25, 0.3) is 0 Å². The Morgan fingerprint density at radius 1 is 1.45 bits per heavy atom. The highest BCUT2D eigenvalue weighted by molar-refractivity contribution is 5.82. The molecule has 0 aliphatic heterocycles. The monoisotopic (exact) mass is 278 g/mol. The summed E-state index contributed by atoms with van der Waals surface area (Å²) in [5.74, 6) is -0.913. The van der Waals surface area contributed by atoms with Crippen LogP contribution in [0.3, 0.4) is 0 Å². The third-order valence-corrected chi connectivity index (χ3v) is 3.22. The van der Waals surface area contributed by atoms with Crippen molar-refractivity contribution in [2.24, 2.45) is 0 Å². The highest BCUT2D eigenvalue weighted by atomic mass is 16.4. The van der Waals surface area contributed by atoms with Crippen LogP contribution in [0, 0.1) is 0 Å².